The van der Waals surface area contributed by atoms with Gasteiger partial charge in [-0.1, -0.05) is 30.3 Å². The first-order chi connectivity index (χ1) is 8.32. The molecule has 6 nitrogen and oxygen atoms in total. The first kappa shape index (κ1) is 14.6. The lowest BCUT2D eigenvalue weighted by molar-refractivity contribution is -0.141. The summed E-state index contributed by atoms with van der Waals surface area (Å²) in [5.41, 5.74) is 0.541. The number of benzene rings is 1. The molecular formula is C11H15NO5S. The zero-order valence-electron chi connectivity index (χ0n) is 9.78. The molecule has 1 aromatic carbocycles. The van der Waals surface area contributed by atoms with Gasteiger partial charge in [0.15, 0.2) is 0 Å². The Morgan fingerprint density at radius 1 is 1.33 bits per heavy atom. The number of aliphatic carboxylic acids is 1. The van der Waals surface area contributed by atoms with Crippen molar-refractivity contribution >= 4 is 16.0 Å². The Balaban J connectivity index is 2.79. The third-order valence-corrected chi connectivity index (χ3v) is 3.58. The van der Waals surface area contributed by atoms with Crippen molar-refractivity contribution in [2.24, 2.45) is 0 Å². The van der Waals surface area contributed by atoms with E-state index in [0.717, 1.165) is 0 Å². The molecule has 18 heavy (non-hydrogen) atoms. The predicted molar refractivity (Wildman–Crippen MR) is 65.3 cm³/mol. The van der Waals surface area contributed by atoms with Crippen LogP contribution < -0.4 is 4.72 Å². The van der Waals surface area contributed by atoms with Gasteiger partial charge in [-0.15, -0.1) is 0 Å². The van der Waals surface area contributed by atoms with Gasteiger partial charge in [-0.05, 0) is 12.5 Å². The summed E-state index contributed by atoms with van der Waals surface area (Å²) < 4.78 is 25.4. The Kier molecular flexibility index (Phi) is 4.83. The van der Waals surface area contributed by atoms with Gasteiger partial charge in [0.2, 0.25) is 10.0 Å². The van der Waals surface area contributed by atoms with E-state index in [0.29, 0.717) is 5.56 Å². The maximum Gasteiger partial charge on any atom is 0.324 e. The van der Waals surface area contributed by atoms with E-state index >= 15 is 0 Å². The first-order valence-corrected chi connectivity index (χ1v) is 6.92. The van der Waals surface area contributed by atoms with Gasteiger partial charge in [0.25, 0.3) is 0 Å². The Morgan fingerprint density at radius 3 is 2.33 bits per heavy atom. The Bertz CT molecular complexity index is 497. The highest BCUT2D eigenvalue weighted by Gasteiger charge is 2.28. The number of aliphatic hydroxyl groups excluding tert-OH is 1. The molecule has 0 saturated heterocycles. The highest BCUT2D eigenvalue weighted by Crippen LogP contribution is 2.06. The van der Waals surface area contributed by atoms with E-state index in [2.05, 4.69) is 0 Å². The average Bonchev–Trinajstić information content (AvgIpc) is 2.26. The van der Waals surface area contributed by atoms with E-state index in [4.69, 9.17) is 5.11 Å². The standard InChI is InChI=1S/C11H15NO5S/c1-8(13)10(11(14)15)12-18(16,17)7-9-5-3-2-4-6-9/h2-6,8,10,12-13H,7H2,1H3,(H,14,15)/t8-,10+/m0/s1. The van der Waals surface area contributed by atoms with Gasteiger partial charge in [-0.25, -0.2) is 8.42 Å². The topological polar surface area (TPSA) is 104 Å². The molecule has 7 heteroatoms. The molecule has 0 heterocycles. The van der Waals surface area contributed by atoms with Gasteiger partial charge in [-0.3, -0.25) is 4.79 Å². The fourth-order valence-electron chi connectivity index (χ4n) is 1.38. The molecule has 0 fully saturated rings. The summed E-state index contributed by atoms with van der Waals surface area (Å²) in [6, 6.07) is 6.83. The van der Waals surface area contributed by atoms with E-state index in [-0.39, 0.29) is 5.75 Å². The van der Waals surface area contributed by atoms with Crippen LogP contribution in [0.3, 0.4) is 0 Å². The van der Waals surface area contributed by atoms with Crippen molar-refractivity contribution in [3.63, 3.8) is 0 Å². The molecule has 0 aromatic heterocycles. The second kappa shape index (κ2) is 5.94. The van der Waals surface area contributed by atoms with Crippen molar-refractivity contribution in [2.75, 3.05) is 0 Å². The van der Waals surface area contributed by atoms with Gasteiger partial charge in [-0.2, -0.15) is 4.72 Å². The second-order valence-corrected chi connectivity index (χ2v) is 5.67. The Morgan fingerprint density at radius 2 is 1.89 bits per heavy atom. The minimum Gasteiger partial charge on any atom is -0.480 e. The van der Waals surface area contributed by atoms with Gasteiger partial charge in [0.1, 0.15) is 6.04 Å². The molecule has 1 rings (SSSR count). The number of hydrogen-bond acceptors (Lipinski definition) is 4. The third-order valence-electron chi connectivity index (χ3n) is 2.25. The molecule has 0 bridgehead atoms. The van der Waals surface area contributed by atoms with Crippen LogP contribution in [0.15, 0.2) is 30.3 Å². The Hall–Kier alpha value is -1.44. The van der Waals surface area contributed by atoms with E-state index in [1.54, 1.807) is 30.3 Å². The fourth-order valence-corrected chi connectivity index (χ4v) is 2.78. The monoisotopic (exact) mass is 273 g/mol. The summed E-state index contributed by atoms with van der Waals surface area (Å²) in [6.45, 7) is 1.21. The maximum atomic E-state index is 11.7. The van der Waals surface area contributed by atoms with Gasteiger partial charge in [0.05, 0.1) is 11.9 Å². The number of carboxylic acid groups (broad SMARTS) is 1. The lowest BCUT2D eigenvalue weighted by Crippen LogP contribution is -2.47. The summed E-state index contributed by atoms with van der Waals surface area (Å²) in [5, 5.41) is 18.0. The number of hydrogen-bond donors (Lipinski definition) is 3. The van der Waals surface area contributed by atoms with Gasteiger partial charge in [0, 0.05) is 0 Å². The number of carboxylic acids is 1. The number of aliphatic hydroxyl groups is 1. The van der Waals surface area contributed by atoms with Crippen LogP contribution in [0.2, 0.25) is 0 Å². The van der Waals surface area contributed by atoms with Crippen LogP contribution in [0.1, 0.15) is 12.5 Å². The van der Waals surface area contributed by atoms with Crippen molar-refractivity contribution in [3.8, 4) is 0 Å². The smallest absolute Gasteiger partial charge is 0.324 e. The predicted octanol–water partition coefficient (Wildman–Crippen LogP) is -0.0600. The molecule has 1 aromatic rings. The molecule has 3 N–H and O–H groups in total. The third kappa shape index (κ3) is 4.44. The van der Waals surface area contributed by atoms with Crippen molar-refractivity contribution < 1.29 is 23.4 Å². The van der Waals surface area contributed by atoms with Crippen LogP contribution >= 0.6 is 0 Å². The van der Waals surface area contributed by atoms with Gasteiger partial charge >= 0.3 is 5.97 Å². The number of rotatable bonds is 6. The lowest BCUT2D eigenvalue weighted by atomic mass is 10.2. The molecule has 0 aliphatic rings. The number of carbonyl (C=O) groups is 1. The van der Waals surface area contributed by atoms with E-state index in [1.807, 2.05) is 4.72 Å². The van der Waals surface area contributed by atoms with Crippen LogP contribution in [0.5, 0.6) is 0 Å². The Labute approximate surface area is 105 Å². The second-order valence-electron chi connectivity index (χ2n) is 3.92. The largest absolute Gasteiger partial charge is 0.480 e. The maximum absolute atomic E-state index is 11.7. The van der Waals surface area contributed by atoms with E-state index in [9.17, 15) is 18.3 Å². The number of nitrogens with one attached hydrogen (secondary N) is 1. The molecular weight excluding hydrogens is 258 g/mol. The molecule has 0 aliphatic carbocycles. The summed E-state index contributed by atoms with van der Waals surface area (Å²) in [5.74, 6) is -1.74. The van der Waals surface area contributed by atoms with E-state index in [1.165, 1.54) is 6.92 Å². The van der Waals surface area contributed by atoms with Crippen molar-refractivity contribution in [2.45, 2.75) is 24.8 Å². The zero-order valence-corrected chi connectivity index (χ0v) is 10.6. The molecule has 100 valence electrons. The fraction of sp³-hybridized carbons (Fsp3) is 0.364. The zero-order chi connectivity index (χ0) is 13.8. The van der Waals surface area contributed by atoms with Crippen molar-refractivity contribution in [1.82, 2.24) is 4.72 Å². The van der Waals surface area contributed by atoms with Crippen LogP contribution in [-0.2, 0) is 20.6 Å². The minimum absolute atomic E-state index is 0.329. The lowest BCUT2D eigenvalue weighted by Gasteiger charge is -2.17. The SMILES string of the molecule is C[C@H](O)[C@@H](NS(=O)(=O)Cc1ccccc1)C(=O)O. The van der Waals surface area contributed by atoms with Crippen LogP contribution in [0.4, 0.5) is 0 Å². The van der Waals surface area contributed by atoms with Crippen LogP contribution in [0.25, 0.3) is 0 Å². The van der Waals surface area contributed by atoms with Crippen LogP contribution in [0, 0.1) is 0 Å². The summed E-state index contributed by atoms with van der Waals surface area (Å²) in [6.07, 6.45) is -1.31. The average molecular weight is 273 g/mol. The highest BCUT2D eigenvalue weighted by molar-refractivity contribution is 7.88. The summed E-state index contributed by atoms with van der Waals surface area (Å²) >= 11 is 0. The normalized spacial score (nSPS) is 15.0. The van der Waals surface area contributed by atoms with Crippen molar-refractivity contribution in [1.29, 1.82) is 0 Å². The molecule has 0 saturated carbocycles. The summed E-state index contributed by atoms with van der Waals surface area (Å²) in [4.78, 5) is 10.8. The molecule has 2 atom stereocenters. The van der Waals surface area contributed by atoms with Gasteiger partial charge < -0.3 is 10.2 Å². The molecule has 0 spiro atoms. The highest BCUT2D eigenvalue weighted by atomic mass is 32.2. The minimum atomic E-state index is -3.81. The first-order valence-electron chi connectivity index (χ1n) is 5.26. The number of sulfonamides is 1. The molecule has 0 radical (unpaired) electrons. The van der Waals surface area contributed by atoms with Crippen molar-refractivity contribution in [3.05, 3.63) is 35.9 Å². The van der Waals surface area contributed by atoms with Crippen LogP contribution in [-0.4, -0.2) is 36.7 Å². The molecule has 0 aliphatic heterocycles. The molecule has 0 amide bonds. The van der Waals surface area contributed by atoms with E-state index < -0.39 is 28.1 Å². The molecule has 0 unspecified atom stereocenters. The quantitative estimate of drug-likeness (QED) is 0.673. The summed E-state index contributed by atoms with van der Waals surface area (Å²) in [7, 11) is -3.81.